The third-order valence-electron chi connectivity index (χ3n) is 13.1. The smallest absolute Gasteiger partial charge is 0.0916 e. The summed E-state index contributed by atoms with van der Waals surface area (Å²) in [4.78, 5) is 2.69. The van der Waals surface area contributed by atoms with Crippen molar-refractivity contribution in [2.75, 3.05) is 45.8 Å². The minimum Gasteiger partial charge on any atom is -0.393 e. The zero-order chi connectivity index (χ0) is 22.1. The van der Waals surface area contributed by atoms with Gasteiger partial charge in [-0.2, -0.15) is 0 Å². The van der Waals surface area contributed by atoms with Crippen LogP contribution in [-0.2, 0) is 0 Å². The number of aliphatic hydroxyl groups is 1. The van der Waals surface area contributed by atoms with Gasteiger partial charge in [-0.25, -0.2) is 0 Å². The van der Waals surface area contributed by atoms with Gasteiger partial charge in [-0.1, -0.05) is 20.8 Å². The van der Waals surface area contributed by atoms with Gasteiger partial charge in [-0.3, -0.25) is 4.90 Å². The van der Waals surface area contributed by atoms with Crippen LogP contribution >= 0.6 is 0 Å². The zero-order valence-electron chi connectivity index (χ0n) is 21.4. The van der Waals surface area contributed by atoms with Crippen LogP contribution in [-0.4, -0.2) is 66.4 Å². The van der Waals surface area contributed by atoms with Gasteiger partial charge >= 0.3 is 0 Å². The van der Waals surface area contributed by atoms with E-state index in [1.807, 2.05) is 0 Å². The number of hydrogen-bond acceptors (Lipinski definition) is 2. The van der Waals surface area contributed by atoms with Crippen LogP contribution < -0.4 is 0 Å². The van der Waals surface area contributed by atoms with Crippen LogP contribution in [0.25, 0.3) is 0 Å². The van der Waals surface area contributed by atoms with Crippen LogP contribution in [0.4, 0.5) is 0 Å². The predicted octanol–water partition coefficient (Wildman–Crippen LogP) is 5.18. The van der Waals surface area contributed by atoms with E-state index in [9.17, 15) is 5.11 Å². The molecule has 7 aliphatic rings. The van der Waals surface area contributed by atoms with E-state index in [1.54, 1.807) is 0 Å². The van der Waals surface area contributed by atoms with Gasteiger partial charge in [0.25, 0.3) is 0 Å². The minimum absolute atomic E-state index is 0.00976. The molecule has 0 spiro atoms. The first kappa shape index (κ1) is 22.4. The van der Waals surface area contributed by atoms with Gasteiger partial charge in [-0.05, 0) is 111 Å². The van der Waals surface area contributed by atoms with Crippen molar-refractivity contribution in [3.05, 3.63) is 0 Å². The topological polar surface area (TPSA) is 23.5 Å². The van der Waals surface area contributed by atoms with Crippen molar-refractivity contribution < 1.29 is 9.59 Å². The van der Waals surface area contributed by atoms with E-state index in [-0.39, 0.29) is 6.10 Å². The molecule has 1 N–H and O–H groups in total. The lowest BCUT2D eigenvalue weighted by Crippen LogP contribution is -2.67. The highest BCUT2D eigenvalue weighted by molar-refractivity contribution is 5.09. The first-order valence-corrected chi connectivity index (χ1v) is 14.6. The molecule has 4 saturated carbocycles. The number of rotatable bonds is 4. The molecule has 7 fully saturated rings. The number of nitrogens with zero attached hydrogens (tertiary/aromatic N) is 2. The first-order chi connectivity index (χ1) is 15.3. The van der Waals surface area contributed by atoms with E-state index in [4.69, 9.17) is 0 Å². The summed E-state index contributed by atoms with van der Waals surface area (Å²) in [5, 5.41) is 10.3. The summed E-state index contributed by atoms with van der Waals surface area (Å²) >= 11 is 0. The highest BCUT2D eigenvalue weighted by Crippen LogP contribution is 2.68. The molecule has 0 radical (unpaired) electrons. The predicted molar refractivity (Wildman–Crippen MR) is 131 cm³/mol. The molecule has 3 heteroatoms. The number of piperazine rings is 3. The number of fused-ring (bicyclic) bond motifs is 8. The van der Waals surface area contributed by atoms with Crippen molar-refractivity contribution in [3.63, 3.8) is 0 Å². The number of quaternary nitrogens is 1. The lowest BCUT2D eigenvalue weighted by molar-refractivity contribution is -0.941. The Morgan fingerprint density at radius 3 is 2.31 bits per heavy atom. The van der Waals surface area contributed by atoms with Crippen LogP contribution in [0.5, 0.6) is 0 Å². The molecule has 1 unspecified atom stereocenters. The van der Waals surface area contributed by atoms with Crippen molar-refractivity contribution in [1.82, 2.24) is 4.90 Å². The van der Waals surface area contributed by atoms with Crippen LogP contribution in [0.2, 0.25) is 0 Å². The molecule has 7 rings (SSSR count). The second-order valence-electron chi connectivity index (χ2n) is 14.2. The Bertz CT molecular complexity index is 687. The Hall–Kier alpha value is -0.120. The van der Waals surface area contributed by atoms with Gasteiger partial charge in [-0.15, -0.1) is 0 Å². The summed E-state index contributed by atoms with van der Waals surface area (Å²) < 4.78 is 1.45. The largest absolute Gasteiger partial charge is 0.393 e. The molecule has 0 aromatic carbocycles. The van der Waals surface area contributed by atoms with Crippen molar-refractivity contribution >= 4 is 0 Å². The summed E-state index contributed by atoms with van der Waals surface area (Å²) in [5.74, 6) is 5.60. The van der Waals surface area contributed by atoms with Crippen LogP contribution in [0.15, 0.2) is 0 Å². The zero-order valence-corrected chi connectivity index (χ0v) is 21.4. The Labute approximate surface area is 197 Å². The molecule has 3 aliphatic heterocycles. The quantitative estimate of drug-likeness (QED) is 0.605. The Kier molecular flexibility index (Phi) is 5.55. The molecule has 9 atom stereocenters. The fourth-order valence-corrected chi connectivity index (χ4v) is 11.0. The standard InChI is InChI=1S/C29H51N2O/c1-21(10-16-31-17-13-30(14-18-31)15-19-31)25-6-7-26-24-5-4-22-20-23(32)8-11-28(22,2)27(24)9-12-29(25,26)3/h21-27,32H,4-20H2,1-3H3/q+1/t21-,22?,23-,24+,25-,26+,27+,28+,29-/m1/s1. The van der Waals surface area contributed by atoms with Crippen LogP contribution in [0.3, 0.4) is 0 Å². The van der Waals surface area contributed by atoms with Crippen molar-refractivity contribution in [1.29, 1.82) is 0 Å². The molecule has 0 aromatic rings. The van der Waals surface area contributed by atoms with E-state index in [2.05, 4.69) is 25.7 Å². The average Bonchev–Trinajstić information content (AvgIpc) is 3.16. The van der Waals surface area contributed by atoms with Gasteiger partial charge in [0.15, 0.2) is 0 Å². The molecule has 32 heavy (non-hydrogen) atoms. The fraction of sp³-hybridized carbons (Fsp3) is 1.00. The van der Waals surface area contributed by atoms with Crippen LogP contribution in [0.1, 0.15) is 85.0 Å². The van der Waals surface area contributed by atoms with E-state index in [0.29, 0.717) is 10.8 Å². The second-order valence-corrected chi connectivity index (χ2v) is 14.2. The maximum Gasteiger partial charge on any atom is 0.0916 e. The lowest BCUT2D eigenvalue weighted by Gasteiger charge is -2.61. The highest BCUT2D eigenvalue weighted by atomic mass is 16.3. The van der Waals surface area contributed by atoms with E-state index in [0.717, 1.165) is 48.3 Å². The van der Waals surface area contributed by atoms with Gasteiger partial charge in [0.1, 0.15) is 0 Å². The fourth-order valence-electron chi connectivity index (χ4n) is 11.0. The molecular formula is C29H51N2O+. The molecule has 3 heterocycles. The summed E-state index contributed by atoms with van der Waals surface area (Å²) in [6, 6.07) is 0. The molecule has 3 nitrogen and oxygen atoms in total. The third-order valence-corrected chi connectivity index (χ3v) is 13.1. The molecule has 0 aromatic heterocycles. The van der Waals surface area contributed by atoms with Crippen molar-refractivity contribution in [2.24, 2.45) is 46.3 Å². The normalized spacial score (nSPS) is 55.7. The number of hydrogen-bond donors (Lipinski definition) is 1. The maximum atomic E-state index is 10.3. The van der Waals surface area contributed by atoms with E-state index in [1.165, 1.54) is 102 Å². The molecule has 3 saturated heterocycles. The summed E-state index contributed by atoms with van der Waals surface area (Å²) in [6.45, 7) is 17.8. The Morgan fingerprint density at radius 2 is 1.56 bits per heavy atom. The molecular weight excluding hydrogens is 392 g/mol. The summed E-state index contributed by atoms with van der Waals surface area (Å²) in [6.07, 6.45) is 13.8. The van der Waals surface area contributed by atoms with Gasteiger partial charge < -0.3 is 9.59 Å². The van der Waals surface area contributed by atoms with E-state index < -0.39 is 0 Å². The highest BCUT2D eigenvalue weighted by Gasteiger charge is 2.60. The maximum absolute atomic E-state index is 10.3. The molecule has 2 bridgehead atoms. The van der Waals surface area contributed by atoms with E-state index >= 15 is 0 Å². The molecule has 4 aliphatic carbocycles. The average molecular weight is 444 g/mol. The lowest BCUT2D eigenvalue weighted by atomic mass is 9.44. The monoisotopic (exact) mass is 443 g/mol. The first-order valence-electron chi connectivity index (χ1n) is 14.6. The van der Waals surface area contributed by atoms with Crippen molar-refractivity contribution in [2.45, 2.75) is 91.1 Å². The van der Waals surface area contributed by atoms with Crippen molar-refractivity contribution in [3.8, 4) is 0 Å². The molecule has 182 valence electrons. The van der Waals surface area contributed by atoms with Gasteiger partial charge in [0, 0.05) is 19.6 Å². The Morgan fingerprint density at radius 1 is 0.875 bits per heavy atom. The molecule has 0 amide bonds. The van der Waals surface area contributed by atoms with Gasteiger partial charge in [0.2, 0.25) is 0 Å². The second kappa shape index (κ2) is 7.95. The third kappa shape index (κ3) is 3.38. The summed E-state index contributed by atoms with van der Waals surface area (Å²) in [5.41, 5.74) is 1.14. The summed E-state index contributed by atoms with van der Waals surface area (Å²) in [7, 11) is 0. The minimum atomic E-state index is -0.00976. The number of aliphatic hydroxyl groups excluding tert-OH is 1. The Balaban J connectivity index is 1.14. The van der Waals surface area contributed by atoms with Crippen LogP contribution in [0, 0.1) is 46.3 Å². The van der Waals surface area contributed by atoms with Gasteiger partial charge in [0.05, 0.1) is 32.3 Å². The SMILES string of the molecule is C[C@H](CC[N+]12CCN(CC1)CC2)[C@H]1CC[C@H]2[C@@H]3CCC4C[C@H](O)CC[C@]4(C)[C@H]3CC[C@]12C.